The molecule has 1 atom stereocenters. The minimum atomic E-state index is -1.18. The molecular weight excluding hydrogens is 164 g/mol. The van der Waals surface area contributed by atoms with Gasteiger partial charge in [-0.05, 0) is 6.92 Å². The van der Waals surface area contributed by atoms with Gasteiger partial charge in [0.25, 0.3) is 5.97 Å². The summed E-state index contributed by atoms with van der Waals surface area (Å²) in [6.07, 6.45) is 0.129. The molecule has 0 aromatic rings. The van der Waals surface area contributed by atoms with Gasteiger partial charge >= 0.3 is 10.0 Å². The number of hydrogen-bond donors (Lipinski definition) is 0. The van der Waals surface area contributed by atoms with Crippen LogP contribution in [0.25, 0.3) is 0 Å². The van der Waals surface area contributed by atoms with Gasteiger partial charge in [0.2, 0.25) is 0 Å². The molecule has 0 aliphatic heterocycles. The van der Waals surface area contributed by atoms with Crippen LogP contribution in [0.1, 0.15) is 20.3 Å². The third-order valence-corrected chi connectivity index (χ3v) is 2.19. The SMILES string of the molecule is CCC(=O)O[SiH2]OC(C)OC. The summed E-state index contributed by atoms with van der Waals surface area (Å²) in [6.45, 7) is 3.50. The fourth-order valence-corrected chi connectivity index (χ4v) is 1.10. The van der Waals surface area contributed by atoms with Crippen LogP contribution in [0.2, 0.25) is 0 Å². The molecule has 0 aliphatic carbocycles. The molecule has 11 heavy (non-hydrogen) atoms. The Morgan fingerprint density at radius 2 is 2.27 bits per heavy atom. The Morgan fingerprint density at radius 3 is 2.73 bits per heavy atom. The van der Waals surface area contributed by atoms with Gasteiger partial charge in [-0.15, -0.1) is 0 Å². The van der Waals surface area contributed by atoms with Crippen LogP contribution in [-0.2, 0) is 18.4 Å². The van der Waals surface area contributed by atoms with Crippen LogP contribution < -0.4 is 0 Å². The Morgan fingerprint density at radius 1 is 1.64 bits per heavy atom. The maximum Gasteiger partial charge on any atom is 0.370 e. The standard InChI is InChI=1S/C6H14O4Si/c1-4-6(7)10-11-9-5(2)8-3/h5H,4,11H2,1-3H3. The van der Waals surface area contributed by atoms with Gasteiger partial charge in [0.05, 0.1) is 0 Å². The summed E-state index contributed by atoms with van der Waals surface area (Å²) < 4.78 is 14.6. The van der Waals surface area contributed by atoms with E-state index < -0.39 is 10.0 Å². The first-order chi connectivity index (χ1) is 5.20. The molecule has 0 aromatic heterocycles. The molecule has 5 heteroatoms. The quantitative estimate of drug-likeness (QED) is 0.437. The van der Waals surface area contributed by atoms with Crippen molar-refractivity contribution in [2.75, 3.05) is 7.11 Å². The highest BCUT2D eigenvalue weighted by molar-refractivity contribution is 6.22. The molecule has 4 nitrogen and oxygen atoms in total. The Hall–Kier alpha value is -0.393. The zero-order valence-corrected chi connectivity index (χ0v) is 8.54. The Bertz CT molecular complexity index is 117. The van der Waals surface area contributed by atoms with Crippen molar-refractivity contribution in [1.29, 1.82) is 0 Å². The molecule has 0 aliphatic rings. The number of ether oxygens (including phenoxy) is 1. The second-order valence-corrected chi connectivity index (χ2v) is 2.82. The fraction of sp³-hybridized carbons (Fsp3) is 0.833. The molecule has 0 amide bonds. The Kier molecular flexibility index (Phi) is 6.10. The molecule has 0 aromatic carbocycles. The molecular formula is C6H14O4Si. The maximum absolute atomic E-state index is 10.6. The normalized spacial score (nSPS) is 13.7. The van der Waals surface area contributed by atoms with E-state index in [9.17, 15) is 4.79 Å². The molecule has 0 rings (SSSR count). The smallest absolute Gasteiger partial charge is 0.370 e. The van der Waals surface area contributed by atoms with Crippen LogP contribution in [0.15, 0.2) is 0 Å². The highest BCUT2D eigenvalue weighted by atomic mass is 28.3. The number of methoxy groups -OCH3 is 1. The van der Waals surface area contributed by atoms with E-state index in [0.29, 0.717) is 6.42 Å². The highest BCUT2D eigenvalue weighted by Crippen LogP contribution is 1.90. The van der Waals surface area contributed by atoms with Gasteiger partial charge in [-0.3, -0.25) is 4.79 Å². The van der Waals surface area contributed by atoms with Gasteiger partial charge in [0, 0.05) is 13.5 Å². The summed E-state index contributed by atoms with van der Waals surface area (Å²) in [7, 11) is 0.362. The van der Waals surface area contributed by atoms with Crippen molar-refractivity contribution in [2.24, 2.45) is 0 Å². The third kappa shape index (κ3) is 6.02. The molecule has 0 saturated carbocycles. The predicted molar refractivity (Wildman–Crippen MR) is 42.5 cm³/mol. The summed E-state index contributed by atoms with van der Waals surface area (Å²) in [4.78, 5) is 10.6. The highest BCUT2D eigenvalue weighted by Gasteiger charge is 2.01. The lowest BCUT2D eigenvalue weighted by atomic mass is 10.5. The van der Waals surface area contributed by atoms with Crippen molar-refractivity contribution >= 4 is 16.0 Å². The van der Waals surface area contributed by atoms with Crippen molar-refractivity contribution in [3.8, 4) is 0 Å². The molecule has 0 radical (unpaired) electrons. The van der Waals surface area contributed by atoms with Crippen LogP contribution in [0, 0.1) is 0 Å². The van der Waals surface area contributed by atoms with E-state index in [0.717, 1.165) is 0 Å². The molecule has 0 heterocycles. The van der Waals surface area contributed by atoms with Gasteiger partial charge < -0.3 is 13.6 Å². The van der Waals surface area contributed by atoms with Crippen molar-refractivity contribution in [1.82, 2.24) is 0 Å². The molecule has 0 fully saturated rings. The number of hydrogen-bond acceptors (Lipinski definition) is 4. The summed E-state index contributed by atoms with van der Waals surface area (Å²) >= 11 is 0. The summed E-state index contributed by atoms with van der Waals surface area (Å²) in [6, 6.07) is 0. The number of rotatable bonds is 5. The third-order valence-electron chi connectivity index (χ3n) is 1.14. The van der Waals surface area contributed by atoms with E-state index in [4.69, 9.17) is 13.6 Å². The van der Waals surface area contributed by atoms with Gasteiger partial charge in [-0.1, -0.05) is 6.92 Å². The molecule has 0 spiro atoms. The average molecular weight is 178 g/mol. The number of carbonyl (C=O) groups is 1. The van der Waals surface area contributed by atoms with Gasteiger partial charge in [0.15, 0.2) is 0 Å². The van der Waals surface area contributed by atoms with E-state index in [1.807, 2.05) is 0 Å². The molecule has 1 unspecified atom stereocenters. The number of carbonyl (C=O) groups excluding carboxylic acids is 1. The first-order valence-corrected chi connectivity index (χ1v) is 4.66. The van der Waals surface area contributed by atoms with Crippen LogP contribution in [0.5, 0.6) is 0 Å². The summed E-state index contributed by atoms with van der Waals surface area (Å²) in [5.41, 5.74) is 0. The fourth-order valence-electron chi connectivity index (χ4n) is 0.366. The Labute approximate surface area is 68.9 Å². The van der Waals surface area contributed by atoms with Gasteiger partial charge in [-0.25, -0.2) is 0 Å². The second-order valence-electron chi connectivity index (χ2n) is 1.96. The lowest BCUT2D eigenvalue weighted by molar-refractivity contribution is -0.136. The minimum Gasteiger partial charge on any atom is -0.499 e. The molecule has 66 valence electrons. The van der Waals surface area contributed by atoms with E-state index in [-0.39, 0.29) is 12.3 Å². The van der Waals surface area contributed by atoms with E-state index in [1.54, 1.807) is 21.0 Å². The van der Waals surface area contributed by atoms with Crippen LogP contribution in [0.3, 0.4) is 0 Å². The van der Waals surface area contributed by atoms with Gasteiger partial charge in [0.1, 0.15) is 6.29 Å². The first kappa shape index (κ1) is 10.6. The first-order valence-electron chi connectivity index (χ1n) is 3.50. The van der Waals surface area contributed by atoms with Crippen molar-refractivity contribution in [2.45, 2.75) is 26.6 Å². The topological polar surface area (TPSA) is 44.8 Å². The summed E-state index contributed by atoms with van der Waals surface area (Å²) in [5, 5.41) is 0. The maximum atomic E-state index is 10.6. The predicted octanol–water partition coefficient (Wildman–Crippen LogP) is -0.0526. The molecule has 0 N–H and O–H groups in total. The van der Waals surface area contributed by atoms with E-state index >= 15 is 0 Å². The van der Waals surface area contributed by atoms with E-state index in [1.165, 1.54) is 0 Å². The largest absolute Gasteiger partial charge is 0.499 e. The van der Waals surface area contributed by atoms with E-state index in [2.05, 4.69) is 0 Å². The minimum absolute atomic E-state index is 0.208. The average Bonchev–Trinajstić information content (AvgIpc) is 2.04. The summed E-state index contributed by atoms with van der Waals surface area (Å²) in [5.74, 6) is -0.208. The monoisotopic (exact) mass is 178 g/mol. The van der Waals surface area contributed by atoms with Gasteiger partial charge in [-0.2, -0.15) is 0 Å². The lowest BCUT2D eigenvalue weighted by Crippen LogP contribution is -2.18. The zero-order valence-electron chi connectivity index (χ0n) is 7.12. The Balaban J connectivity index is 3.20. The lowest BCUT2D eigenvalue weighted by Gasteiger charge is -2.10. The molecule has 0 bridgehead atoms. The molecule has 0 saturated heterocycles. The van der Waals surface area contributed by atoms with Crippen molar-refractivity contribution in [3.05, 3.63) is 0 Å². The van der Waals surface area contributed by atoms with Crippen LogP contribution >= 0.6 is 0 Å². The zero-order chi connectivity index (χ0) is 8.69. The van der Waals surface area contributed by atoms with Crippen molar-refractivity contribution in [3.63, 3.8) is 0 Å². The van der Waals surface area contributed by atoms with Crippen LogP contribution in [0.4, 0.5) is 0 Å². The van der Waals surface area contributed by atoms with Crippen molar-refractivity contribution < 1.29 is 18.4 Å². The second kappa shape index (κ2) is 6.33. The van der Waals surface area contributed by atoms with Crippen LogP contribution in [-0.4, -0.2) is 29.4 Å².